The first-order chi connectivity index (χ1) is 8.65. The van der Waals surface area contributed by atoms with Crippen LogP contribution in [0.3, 0.4) is 0 Å². The first kappa shape index (κ1) is 12.3. The third-order valence-electron chi connectivity index (χ3n) is 2.65. The number of esters is 1. The number of carbonyl (C=O) groups excluding carboxylic acids is 2. The Morgan fingerprint density at radius 3 is 2.67 bits per heavy atom. The fourth-order valence-corrected chi connectivity index (χ4v) is 1.82. The molecule has 5 heteroatoms. The van der Waals surface area contributed by atoms with Crippen LogP contribution in [0, 0.1) is 5.92 Å². The van der Waals surface area contributed by atoms with Gasteiger partial charge in [0.25, 0.3) is 5.91 Å². The largest absolute Gasteiger partial charge is 0.465 e. The highest BCUT2D eigenvalue weighted by atomic mass is 16.5. The SMILES string of the molecule is CCOC(=O)[C@H]1C(=O)N(c2ccccc2)N=C1C. The summed E-state index contributed by atoms with van der Waals surface area (Å²) in [5.74, 6) is -1.82. The van der Waals surface area contributed by atoms with Gasteiger partial charge in [-0.1, -0.05) is 18.2 Å². The Morgan fingerprint density at radius 2 is 2.06 bits per heavy atom. The molecule has 0 unspecified atom stereocenters. The predicted octanol–water partition coefficient (Wildman–Crippen LogP) is 1.59. The highest BCUT2D eigenvalue weighted by Gasteiger charge is 2.40. The molecule has 0 aromatic heterocycles. The number of rotatable bonds is 3. The molecule has 1 amide bonds. The van der Waals surface area contributed by atoms with E-state index in [2.05, 4.69) is 5.10 Å². The third kappa shape index (κ3) is 2.11. The van der Waals surface area contributed by atoms with Gasteiger partial charge < -0.3 is 4.74 Å². The van der Waals surface area contributed by atoms with Gasteiger partial charge in [0.15, 0.2) is 5.92 Å². The minimum Gasteiger partial charge on any atom is -0.465 e. The maximum absolute atomic E-state index is 12.1. The van der Waals surface area contributed by atoms with Gasteiger partial charge in [0.2, 0.25) is 0 Å². The molecule has 1 atom stereocenters. The van der Waals surface area contributed by atoms with Gasteiger partial charge in [0, 0.05) is 0 Å². The van der Waals surface area contributed by atoms with E-state index in [1.54, 1.807) is 26.0 Å². The smallest absolute Gasteiger partial charge is 0.324 e. The van der Waals surface area contributed by atoms with E-state index in [0.29, 0.717) is 11.4 Å². The van der Waals surface area contributed by atoms with Gasteiger partial charge in [0.1, 0.15) is 0 Å². The average molecular weight is 246 g/mol. The lowest BCUT2D eigenvalue weighted by atomic mass is 10.1. The first-order valence-corrected chi connectivity index (χ1v) is 5.76. The summed E-state index contributed by atoms with van der Waals surface area (Å²) >= 11 is 0. The molecule has 1 aromatic rings. The number of hydrogen-bond donors (Lipinski definition) is 0. The average Bonchev–Trinajstić information content (AvgIpc) is 2.66. The zero-order valence-electron chi connectivity index (χ0n) is 10.3. The van der Waals surface area contributed by atoms with Crippen LogP contribution < -0.4 is 5.01 Å². The fraction of sp³-hybridized carbons (Fsp3) is 0.308. The highest BCUT2D eigenvalue weighted by molar-refractivity contribution is 6.25. The van der Waals surface area contributed by atoms with Gasteiger partial charge in [-0.25, -0.2) is 0 Å². The maximum Gasteiger partial charge on any atom is 0.324 e. The number of amides is 1. The molecule has 1 heterocycles. The summed E-state index contributed by atoms with van der Waals surface area (Å²) in [6.45, 7) is 3.61. The zero-order chi connectivity index (χ0) is 13.1. The quantitative estimate of drug-likeness (QED) is 0.601. The van der Waals surface area contributed by atoms with Crippen molar-refractivity contribution in [3.8, 4) is 0 Å². The van der Waals surface area contributed by atoms with Crippen LogP contribution in [0.15, 0.2) is 35.4 Å². The van der Waals surface area contributed by atoms with Crippen molar-refractivity contribution in [3.63, 3.8) is 0 Å². The molecule has 1 aliphatic rings. The molecular formula is C13H14N2O3. The summed E-state index contributed by atoms with van der Waals surface area (Å²) in [4.78, 5) is 23.8. The molecule has 18 heavy (non-hydrogen) atoms. The zero-order valence-corrected chi connectivity index (χ0v) is 10.3. The van der Waals surface area contributed by atoms with E-state index in [-0.39, 0.29) is 12.5 Å². The summed E-state index contributed by atoms with van der Waals surface area (Å²) in [5.41, 5.74) is 1.11. The van der Waals surface area contributed by atoms with Gasteiger partial charge in [0.05, 0.1) is 18.0 Å². The second-order valence-corrected chi connectivity index (χ2v) is 3.91. The molecule has 0 N–H and O–H groups in total. The number of ether oxygens (including phenoxy) is 1. The predicted molar refractivity (Wildman–Crippen MR) is 67.2 cm³/mol. The normalized spacial score (nSPS) is 18.8. The van der Waals surface area contributed by atoms with E-state index in [4.69, 9.17) is 4.74 Å². The fourth-order valence-electron chi connectivity index (χ4n) is 1.82. The van der Waals surface area contributed by atoms with E-state index in [1.165, 1.54) is 5.01 Å². The van der Waals surface area contributed by atoms with Crippen LogP contribution in [-0.2, 0) is 14.3 Å². The van der Waals surface area contributed by atoms with Crippen LogP contribution in [0.25, 0.3) is 0 Å². The number of benzene rings is 1. The van der Waals surface area contributed by atoms with Gasteiger partial charge >= 0.3 is 5.97 Å². The van der Waals surface area contributed by atoms with Crippen molar-refractivity contribution < 1.29 is 14.3 Å². The summed E-state index contributed by atoms with van der Waals surface area (Å²) < 4.78 is 4.88. The molecule has 0 saturated heterocycles. The van der Waals surface area contributed by atoms with E-state index in [0.717, 1.165) is 0 Å². The van der Waals surface area contributed by atoms with Gasteiger partial charge in [-0.05, 0) is 26.0 Å². The molecule has 0 bridgehead atoms. The molecular weight excluding hydrogens is 232 g/mol. The van der Waals surface area contributed by atoms with E-state index < -0.39 is 11.9 Å². The summed E-state index contributed by atoms with van der Waals surface area (Å²) in [5, 5.41) is 5.37. The minimum atomic E-state index is -0.912. The van der Waals surface area contributed by atoms with Crippen molar-refractivity contribution in [1.29, 1.82) is 0 Å². The number of nitrogens with zero attached hydrogens (tertiary/aromatic N) is 2. The Kier molecular flexibility index (Phi) is 3.41. The molecule has 0 spiro atoms. The van der Waals surface area contributed by atoms with Crippen molar-refractivity contribution in [2.45, 2.75) is 13.8 Å². The van der Waals surface area contributed by atoms with Crippen molar-refractivity contribution in [3.05, 3.63) is 30.3 Å². The maximum atomic E-state index is 12.1. The van der Waals surface area contributed by atoms with Crippen LogP contribution in [0.5, 0.6) is 0 Å². The third-order valence-corrected chi connectivity index (χ3v) is 2.65. The van der Waals surface area contributed by atoms with Crippen molar-refractivity contribution >= 4 is 23.3 Å². The molecule has 1 aromatic carbocycles. The van der Waals surface area contributed by atoms with Crippen LogP contribution >= 0.6 is 0 Å². The standard InChI is InChI=1S/C13H14N2O3/c1-3-18-13(17)11-9(2)14-15(12(11)16)10-7-5-4-6-8-10/h4-8,11H,3H2,1-2H3/t11-/m1/s1. The molecule has 1 aliphatic heterocycles. The molecule has 94 valence electrons. The van der Waals surface area contributed by atoms with Crippen LogP contribution in [0.1, 0.15) is 13.8 Å². The number of hydrazone groups is 1. The number of hydrogen-bond acceptors (Lipinski definition) is 4. The number of carbonyl (C=O) groups is 2. The lowest BCUT2D eigenvalue weighted by Crippen LogP contribution is -2.33. The number of anilines is 1. The second kappa shape index (κ2) is 5.00. The van der Waals surface area contributed by atoms with Gasteiger partial charge in [-0.2, -0.15) is 10.1 Å². The Bertz CT molecular complexity index is 496. The Hall–Kier alpha value is -2.17. The lowest BCUT2D eigenvalue weighted by molar-refractivity contribution is -0.148. The van der Waals surface area contributed by atoms with Crippen molar-refractivity contribution in [1.82, 2.24) is 0 Å². The molecule has 2 rings (SSSR count). The van der Waals surface area contributed by atoms with E-state index in [9.17, 15) is 9.59 Å². The molecule has 0 fully saturated rings. The van der Waals surface area contributed by atoms with Crippen LogP contribution in [0.2, 0.25) is 0 Å². The Balaban J connectivity index is 2.24. The Morgan fingerprint density at radius 1 is 1.39 bits per heavy atom. The van der Waals surface area contributed by atoms with Gasteiger partial charge in [-0.15, -0.1) is 0 Å². The molecule has 0 aliphatic carbocycles. The first-order valence-electron chi connectivity index (χ1n) is 5.76. The molecule has 0 saturated carbocycles. The minimum absolute atomic E-state index is 0.251. The second-order valence-electron chi connectivity index (χ2n) is 3.91. The topological polar surface area (TPSA) is 59.0 Å². The highest BCUT2D eigenvalue weighted by Crippen LogP contribution is 2.24. The van der Waals surface area contributed by atoms with E-state index in [1.807, 2.05) is 18.2 Å². The Labute approximate surface area is 105 Å². The summed E-state index contributed by atoms with van der Waals surface area (Å²) in [7, 11) is 0. The van der Waals surface area contributed by atoms with Crippen molar-refractivity contribution in [2.75, 3.05) is 11.6 Å². The molecule has 5 nitrogen and oxygen atoms in total. The monoisotopic (exact) mass is 246 g/mol. The van der Waals surface area contributed by atoms with Crippen LogP contribution in [-0.4, -0.2) is 24.2 Å². The van der Waals surface area contributed by atoms with Gasteiger partial charge in [-0.3, -0.25) is 9.59 Å². The van der Waals surface area contributed by atoms with Crippen molar-refractivity contribution in [2.24, 2.45) is 11.0 Å². The molecule has 0 radical (unpaired) electrons. The summed E-state index contributed by atoms with van der Waals surface area (Å²) in [6.07, 6.45) is 0. The van der Waals surface area contributed by atoms with Crippen LogP contribution in [0.4, 0.5) is 5.69 Å². The lowest BCUT2D eigenvalue weighted by Gasteiger charge is -2.13. The summed E-state index contributed by atoms with van der Waals surface area (Å²) in [6, 6.07) is 9.00. The van der Waals surface area contributed by atoms with E-state index >= 15 is 0 Å². The number of para-hydroxylation sites is 1.